The van der Waals surface area contributed by atoms with Crippen molar-refractivity contribution in [3.05, 3.63) is 42.1 Å². The molecule has 6 nitrogen and oxygen atoms in total. The van der Waals surface area contributed by atoms with E-state index in [4.69, 9.17) is 0 Å². The lowest BCUT2D eigenvalue weighted by Gasteiger charge is -2.15. The van der Waals surface area contributed by atoms with Crippen molar-refractivity contribution < 1.29 is 8.42 Å². The molecule has 2 aromatic rings. The third-order valence-corrected chi connectivity index (χ3v) is 3.81. The van der Waals surface area contributed by atoms with E-state index in [2.05, 4.69) is 14.9 Å². The third-order valence-electron chi connectivity index (χ3n) is 2.51. The fourth-order valence-corrected chi connectivity index (χ4v) is 2.70. The van der Waals surface area contributed by atoms with Crippen molar-refractivity contribution >= 4 is 15.7 Å². The van der Waals surface area contributed by atoms with Gasteiger partial charge < -0.3 is 4.90 Å². The number of aromatic nitrogens is 2. The number of aromatic amines is 1. The van der Waals surface area contributed by atoms with E-state index >= 15 is 0 Å². The predicted molar refractivity (Wildman–Crippen MR) is 73.2 cm³/mol. The van der Waals surface area contributed by atoms with Crippen molar-refractivity contribution in [1.82, 2.24) is 15.1 Å². The van der Waals surface area contributed by atoms with Crippen LogP contribution in [-0.4, -0.2) is 37.6 Å². The number of nitrogens with one attached hydrogen (secondary N) is 2. The fourth-order valence-electron chi connectivity index (χ4n) is 1.69. The van der Waals surface area contributed by atoms with Gasteiger partial charge in [0, 0.05) is 6.54 Å². The molecule has 1 aromatic heterocycles. The maximum absolute atomic E-state index is 12.1. The van der Waals surface area contributed by atoms with Crippen molar-refractivity contribution in [2.75, 3.05) is 18.8 Å². The average molecular weight is 280 g/mol. The number of hydrogen-bond donors (Lipinski definition) is 2. The Hall–Kier alpha value is -1.86. The van der Waals surface area contributed by atoms with E-state index in [0.717, 1.165) is 5.56 Å². The first-order valence-electron chi connectivity index (χ1n) is 5.74. The fraction of sp³-hybridized carbons (Fsp3) is 0.250. The van der Waals surface area contributed by atoms with Crippen LogP contribution in [0.25, 0.3) is 0 Å². The van der Waals surface area contributed by atoms with E-state index in [-0.39, 0.29) is 5.03 Å². The maximum atomic E-state index is 12.1. The summed E-state index contributed by atoms with van der Waals surface area (Å²) < 4.78 is 26.8. The molecule has 1 aromatic carbocycles. The van der Waals surface area contributed by atoms with Gasteiger partial charge in [0.1, 0.15) is 0 Å². The molecule has 2 N–H and O–H groups in total. The molecule has 19 heavy (non-hydrogen) atoms. The molecule has 0 aliphatic carbocycles. The number of para-hydroxylation sites is 1. The molecule has 7 heteroatoms. The van der Waals surface area contributed by atoms with Crippen molar-refractivity contribution in [2.45, 2.75) is 11.6 Å². The number of nitrogens with zero attached hydrogens (tertiary/aromatic N) is 2. The smallest absolute Gasteiger partial charge is 0.278 e. The largest absolute Gasteiger partial charge is 0.305 e. The van der Waals surface area contributed by atoms with Crippen LogP contribution in [0.1, 0.15) is 5.56 Å². The Morgan fingerprint density at radius 2 is 2.00 bits per heavy atom. The summed E-state index contributed by atoms with van der Waals surface area (Å²) in [7, 11) is 0.247. The number of H-pyrrole nitrogens is 1. The molecule has 1 heterocycles. The molecule has 0 radical (unpaired) electrons. The lowest BCUT2D eigenvalue weighted by molar-refractivity contribution is 0.403. The highest BCUT2D eigenvalue weighted by Crippen LogP contribution is 2.19. The van der Waals surface area contributed by atoms with E-state index in [0.29, 0.717) is 12.2 Å². The molecule has 0 fully saturated rings. The summed E-state index contributed by atoms with van der Waals surface area (Å²) in [6.07, 6.45) is 1.40. The van der Waals surface area contributed by atoms with E-state index in [1.54, 1.807) is 12.1 Å². The molecular weight excluding hydrogens is 264 g/mol. The van der Waals surface area contributed by atoms with Gasteiger partial charge in [-0.25, -0.2) is 0 Å². The van der Waals surface area contributed by atoms with Gasteiger partial charge in [0.15, 0.2) is 5.03 Å². The minimum absolute atomic E-state index is 0.0483. The summed E-state index contributed by atoms with van der Waals surface area (Å²) in [5.74, 6) is 0. The Morgan fingerprint density at radius 3 is 2.63 bits per heavy atom. The normalized spacial score (nSPS) is 11.7. The first kappa shape index (κ1) is 13.6. The van der Waals surface area contributed by atoms with Crippen molar-refractivity contribution in [3.63, 3.8) is 0 Å². The van der Waals surface area contributed by atoms with E-state index in [1.165, 1.54) is 12.3 Å². The minimum atomic E-state index is -3.61. The van der Waals surface area contributed by atoms with E-state index in [1.807, 2.05) is 31.1 Å². The van der Waals surface area contributed by atoms with Crippen molar-refractivity contribution in [2.24, 2.45) is 0 Å². The van der Waals surface area contributed by atoms with Gasteiger partial charge in [-0.05, 0) is 31.8 Å². The van der Waals surface area contributed by atoms with Gasteiger partial charge in [-0.2, -0.15) is 13.5 Å². The second-order valence-corrected chi connectivity index (χ2v) is 6.07. The number of hydrogen-bond acceptors (Lipinski definition) is 4. The lowest BCUT2D eigenvalue weighted by atomic mass is 10.2. The molecule has 0 saturated heterocycles. The van der Waals surface area contributed by atoms with Crippen molar-refractivity contribution in [1.29, 1.82) is 0 Å². The van der Waals surface area contributed by atoms with Gasteiger partial charge in [-0.1, -0.05) is 18.2 Å². The number of anilines is 1. The molecule has 0 aliphatic heterocycles. The van der Waals surface area contributed by atoms with Gasteiger partial charge in [-0.3, -0.25) is 9.82 Å². The Balaban J connectivity index is 2.29. The van der Waals surface area contributed by atoms with E-state index in [9.17, 15) is 8.42 Å². The van der Waals surface area contributed by atoms with Crippen LogP contribution in [0.5, 0.6) is 0 Å². The van der Waals surface area contributed by atoms with Crippen LogP contribution in [0.4, 0.5) is 5.69 Å². The Kier molecular flexibility index (Phi) is 3.87. The van der Waals surface area contributed by atoms with Crippen LogP contribution in [0.15, 0.2) is 41.6 Å². The topological polar surface area (TPSA) is 78.1 Å². The van der Waals surface area contributed by atoms with Crippen LogP contribution in [0, 0.1) is 0 Å². The Morgan fingerprint density at radius 1 is 1.26 bits per heavy atom. The standard InChI is InChI=1S/C12H16N4O2S/c1-16(2)9-10-5-3-4-6-11(10)15-19(17,18)12-7-8-13-14-12/h3-8,15H,9H2,1-2H3,(H,13,14). The Labute approximate surface area is 112 Å². The van der Waals surface area contributed by atoms with Crippen LogP contribution < -0.4 is 4.72 Å². The summed E-state index contributed by atoms with van der Waals surface area (Å²) in [5.41, 5.74) is 1.49. The summed E-state index contributed by atoms with van der Waals surface area (Å²) >= 11 is 0. The lowest BCUT2D eigenvalue weighted by Crippen LogP contribution is -2.17. The molecular formula is C12H16N4O2S. The summed E-state index contributed by atoms with van der Waals surface area (Å²) in [6.45, 7) is 0.654. The third kappa shape index (κ3) is 3.33. The van der Waals surface area contributed by atoms with Crippen LogP contribution >= 0.6 is 0 Å². The zero-order valence-corrected chi connectivity index (χ0v) is 11.6. The SMILES string of the molecule is CN(C)Cc1ccccc1NS(=O)(=O)c1ccn[nH]1. The molecule has 102 valence electrons. The monoisotopic (exact) mass is 280 g/mol. The van der Waals surface area contributed by atoms with Crippen LogP contribution in [0.3, 0.4) is 0 Å². The highest BCUT2D eigenvalue weighted by atomic mass is 32.2. The van der Waals surface area contributed by atoms with Gasteiger partial charge in [-0.15, -0.1) is 0 Å². The molecule has 0 atom stereocenters. The first-order chi connectivity index (χ1) is 8.99. The second kappa shape index (κ2) is 5.41. The predicted octanol–water partition coefficient (Wildman–Crippen LogP) is 1.27. The highest BCUT2D eigenvalue weighted by Gasteiger charge is 2.17. The second-order valence-electron chi connectivity index (χ2n) is 4.42. The molecule has 0 saturated carbocycles. The van der Waals surface area contributed by atoms with Crippen LogP contribution in [0.2, 0.25) is 0 Å². The molecule has 0 amide bonds. The highest BCUT2D eigenvalue weighted by molar-refractivity contribution is 7.92. The molecule has 2 rings (SSSR count). The van der Waals surface area contributed by atoms with Gasteiger partial charge in [0.2, 0.25) is 0 Å². The quantitative estimate of drug-likeness (QED) is 0.864. The molecule has 0 bridgehead atoms. The molecule has 0 unspecified atom stereocenters. The van der Waals surface area contributed by atoms with Crippen molar-refractivity contribution in [3.8, 4) is 0 Å². The zero-order chi connectivity index (χ0) is 13.9. The van der Waals surface area contributed by atoms with Gasteiger partial charge in [0.05, 0.1) is 11.9 Å². The molecule has 0 spiro atoms. The average Bonchev–Trinajstić information content (AvgIpc) is 2.85. The summed E-state index contributed by atoms with van der Waals surface area (Å²) in [5, 5.41) is 6.14. The zero-order valence-electron chi connectivity index (χ0n) is 10.8. The first-order valence-corrected chi connectivity index (χ1v) is 7.22. The summed E-state index contributed by atoms with van der Waals surface area (Å²) in [6, 6.07) is 8.73. The van der Waals surface area contributed by atoms with Gasteiger partial charge in [0.25, 0.3) is 10.0 Å². The summed E-state index contributed by atoms with van der Waals surface area (Å²) in [4.78, 5) is 1.98. The minimum Gasteiger partial charge on any atom is -0.305 e. The Bertz CT molecular complexity index is 636. The number of rotatable bonds is 5. The number of sulfonamides is 1. The van der Waals surface area contributed by atoms with E-state index < -0.39 is 10.0 Å². The molecule has 0 aliphatic rings. The maximum Gasteiger partial charge on any atom is 0.278 e. The van der Waals surface area contributed by atoms with Crippen LogP contribution in [-0.2, 0) is 16.6 Å². The van der Waals surface area contributed by atoms with Gasteiger partial charge >= 0.3 is 0 Å². The number of benzene rings is 1.